The van der Waals surface area contributed by atoms with Crippen LogP contribution >= 0.6 is 0 Å². The van der Waals surface area contributed by atoms with E-state index in [4.69, 9.17) is 5.11 Å². The summed E-state index contributed by atoms with van der Waals surface area (Å²) in [4.78, 5) is 23.4. The van der Waals surface area contributed by atoms with Gasteiger partial charge in [0.05, 0.1) is 23.8 Å². The van der Waals surface area contributed by atoms with Crippen LogP contribution in [-0.4, -0.2) is 32.3 Å². The molecule has 1 aromatic carbocycles. The van der Waals surface area contributed by atoms with Gasteiger partial charge in [0.1, 0.15) is 0 Å². The Hall–Kier alpha value is -2.63. The molecule has 0 unspecified atom stereocenters. The van der Waals surface area contributed by atoms with Crippen LogP contribution in [0.4, 0.5) is 0 Å². The van der Waals surface area contributed by atoms with Crippen molar-refractivity contribution in [3.8, 4) is 5.69 Å². The Bertz CT molecular complexity index is 733. The Kier molecular flexibility index (Phi) is 5.16. The maximum Gasteiger partial charge on any atom is 0.305 e. The zero-order valence-corrected chi connectivity index (χ0v) is 14.1. The van der Waals surface area contributed by atoms with Gasteiger partial charge in [-0.15, -0.1) is 0 Å². The van der Waals surface area contributed by atoms with Gasteiger partial charge in [0.25, 0.3) is 0 Å². The molecule has 1 saturated carbocycles. The summed E-state index contributed by atoms with van der Waals surface area (Å²) < 4.78 is 1.79. The number of aryl methyl sites for hydroxylation is 1. The Balaban J connectivity index is 1.55. The third-order valence-electron chi connectivity index (χ3n) is 4.75. The molecule has 1 heterocycles. The number of carboxylic acid groups (broad SMARTS) is 1. The molecule has 132 valence electrons. The highest BCUT2D eigenvalue weighted by Gasteiger charge is 2.37. The number of hydrogen-bond donors (Lipinski definition) is 2. The van der Waals surface area contributed by atoms with Crippen molar-refractivity contribution in [1.29, 1.82) is 0 Å². The van der Waals surface area contributed by atoms with Crippen molar-refractivity contribution < 1.29 is 14.7 Å². The zero-order chi connectivity index (χ0) is 17.7. The normalized spacial score (nSPS) is 15.8. The van der Waals surface area contributed by atoms with E-state index in [1.807, 2.05) is 36.5 Å². The quantitative estimate of drug-likeness (QED) is 0.811. The Labute approximate surface area is 146 Å². The van der Waals surface area contributed by atoms with E-state index in [2.05, 4.69) is 10.4 Å². The number of carbonyl (C=O) groups excluding carboxylic acids is 1. The number of rotatable bonds is 7. The second-order valence-electron chi connectivity index (χ2n) is 6.73. The summed E-state index contributed by atoms with van der Waals surface area (Å²) in [5.74, 6) is -0.943. The lowest BCUT2D eigenvalue weighted by Gasteiger charge is -2.28. The van der Waals surface area contributed by atoms with Crippen LogP contribution in [0.15, 0.2) is 42.7 Å². The van der Waals surface area contributed by atoms with E-state index >= 15 is 0 Å². The van der Waals surface area contributed by atoms with Crippen LogP contribution in [0.2, 0.25) is 0 Å². The third-order valence-corrected chi connectivity index (χ3v) is 4.75. The predicted octanol–water partition coefficient (Wildman–Crippen LogP) is 2.71. The molecule has 0 aliphatic heterocycles. The summed E-state index contributed by atoms with van der Waals surface area (Å²) in [5, 5.41) is 16.4. The number of nitrogens with one attached hydrogen (secondary N) is 1. The van der Waals surface area contributed by atoms with E-state index in [0.29, 0.717) is 12.8 Å². The molecule has 1 aliphatic carbocycles. The second-order valence-corrected chi connectivity index (χ2v) is 6.73. The van der Waals surface area contributed by atoms with Crippen molar-refractivity contribution in [3.05, 3.63) is 48.3 Å². The summed E-state index contributed by atoms with van der Waals surface area (Å²) in [6.45, 7) is 0. The number of amides is 1. The van der Waals surface area contributed by atoms with E-state index in [9.17, 15) is 9.59 Å². The number of benzene rings is 1. The van der Waals surface area contributed by atoms with Crippen LogP contribution in [0.25, 0.3) is 5.69 Å². The van der Waals surface area contributed by atoms with Crippen molar-refractivity contribution in [3.63, 3.8) is 0 Å². The fourth-order valence-corrected chi connectivity index (χ4v) is 3.51. The first kappa shape index (κ1) is 17.2. The van der Waals surface area contributed by atoms with Crippen molar-refractivity contribution in [2.45, 2.75) is 50.5 Å². The fourth-order valence-electron chi connectivity index (χ4n) is 3.51. The summed E-state index contributed by atoms with van der Waals surface area (Å²) in [6, 6.07) is 9.80. The molecule has 0 spiro atoms. The Morgan fingerprint density at radius 1 is 1.20 bits per heavy atom. The first-order chi connectivity index (χ1) is 12.1. The highest BCUT2D eigenvalue weighted by molar-refractivity contribution is 5.78. The largest absolute Gasteiger partial charge is 0.481 e. The highest BCUT2D eigenvalue weighted by atomic mass is 16.4. The Morgan fingerprint density at radius 3 is 2.60 bits per heavy atom. The van der Waals surface area contributed by atoms with Crippen LogP contribution < -0.4 is 5.32 Å². The molecule has 1 amide bonds. The number of para-hydroxylation sites is 1. The zero-order valence-electron chi connectivity index (χ0n) is 14.1. The van der Waals surface area contributed by atoms with Gasteiger partial charge in [-0.3, -0.25) is 9.59 Å². The minimum absolute atomic E-state index is 0.00464. The lowest BCUT2D eigenvalue weighted by atomic mass is 9.93. The minimum Gasteiger partial charge on any atom is -0.481 e. The average Bonchev–Trinajstić information content (AvgIpc) is 3.23. The van der Waals surface area contributed by atoms with E-state index in [1.54, 1.807) is 10.9 Å². The van der Waals surface area contributed by atoms with Gasteiger partial charge in [-0.05, 0) is 37.0 Å². The maximum atomic E-state index is 12.3. The molecule has 1 aromatic heterocycles. The van der Waals surface area contributed by atoms with Crippen LogP contribution in [0, 0.1) is 0 Å². The van der Waals surface area contributed by atoms with Crippen molar-refractivity contribution in [2.24, 2.45) is 0 Å². The minimum atomic E-state index is -0.855. The van der Waals surface area contributed by atoms with Crippen LogP contribution in [-0.2, 0) is 16.0 Å². The molecule has 0 radical (unpaired) electrons. The molecule has 1 fully saturated rings. The SMILES string of the molecule is O=C(O)CC1(NC(=O)CCc2cnn(-c3ccccc3)c2)CCCC1. The molecular formula is C19H23N3O3. The lowest BCUT2D eigenvalue weighted by Crippen LogP contribution is -2.47. The van der Waals surface area contributed by atoms with Gasteiger partial charge in [0.2, 0.25) is 5.91 Å². The summed E-state index contributed by atoms with van der Waals surface area (Å²) >= 11 is 0. The van der Waals surface area contributed by atoms with Gasteiger partial charge in [0, 0.05) is 12.6 Å². The molecule has 0 saturated heterocycles. The smallest absolute Gasteiger partial charge is 0.305 e. The van der Waals surface area contributed by atoms with Crippen molar-refractivity contribution in [2.75, 3.05) is 0 Å². The predicted molar refractivity (Wildman–Crippen MR) is 93.5 cm³/mol. The maximum absolute atomic E-state index is 12.3. The Morgan fingerprint density at radius 2 is 1.92 bits per heavy atom. The summed E-state index contributed by atoms with van der Waals surface area (Å²) in [7, 11) is 0. The number of carbonyl (C=O) groups is 2. The summed E-state index contributed by atoms with van der Waals surface area (Å²) in [5.41, 5.74) is 1.40. The number of carboxylic acids is 1. The van der Waals surface area contributed by atoms with Crippen molar-refractivity contribution >= 4 is 11.9 Å². The number of aromatic nitrogens is 2. The van der Waals surface area contributed by atoms with E-state index in [-0.39, 0.29) is 12.3 Å². The second kappa shape index (κ2) is 7.51. The molecular weight excluding hydrogens is 318 g/mol. The lowest BCUT2D eigenvalue weighted by molar-refractivity contribution is -0.139. The van der Waals surface area contributed by atoms with Crippen LogP contribution in [0.5, 0.6) is 0 Å². The molecule has 6 heteroatoms. The topological polar surface area (TPSA) is 84.2 Å². The van der Waals surface area contributed by atoms with Crippen molar-refractivity contribution in [1.82, 2.24) is 15.1 Å². The van der Waals surface area contributed by atoms with Crippen LogP contribution in [0.3, 0.4) is 0 Å². The molecule has 1 aliphatic rings. The average molecular weight is 341 g/mol. The molecule has 0 bridgehead atoms. The number of aliphatic carboxylic acids is 1. The molecule has 25 heavy (non-hydrogen) atoms. The van der Waals surface area contributed by atoms with Gasteiger partial charge >= 0.3 is 5.97 Å². The van der Waals surface area contributed by atoms with Gasteiger partial charge in [-0.2, -0.15) is 5.10 Å². The molecule has 6 nitrogen and oxygen atoms in total. The van der Waals surface area contributed by atoms with E-state index < -0.39 is 11.5 Å². The molecule has 0 atom stereocenters. The van der Waals surface area contributed by atoms with Gasteiger partial charge in [-0.1, -0.05) is 31.0 Å². The van der Waals surface area contributed by atoms with Gasteiger partial charge < -0.3 is 10.4 Å². The van der Waals surface area contributed by atoms with E-state index in [1.165, 1.54) is 0 Å². The molecule has 2 aromatic rings. The highest BCUT2D eigenvalue weighted by Crippen LogP contribution is 2.32. The molecule has 2 N–H and O–H groups in total. The standard InChI is InChI=1S/C19H23N3O3/c23-17(21-19(12-18(24)25)10-4-5-11-19)9-8-15-13-20-22(14-15)16-6-2-1-3-7-16/h1-3,6-7,13-14H,4-5,8-12H2,(H,21,23)(H,24,25). The first-order valence-electron chi connectivity index (χ1n) is 8.68. The van der Waals surface area contributed by atoms with Gasteiger partial charge in [0.15, 0.2) is 0 Å². The van der Waals surface area contributed by atoms with E-state index in [0.717, 1.165) is 36.9 Å². The number of hydrogen-bond acceptors (Lipinski definition) is 3. The fraction of sp³-hybridized carbons (Fsp3) is 0.421. The molecule has 3 rings (SSSR count). The number of nitrogens with zero attached hydrogens (tertiary/aromatic N) is 2. The van der Waals surface area contributed by atoms with Gasteiger partial charge in [-0.25, -0.2) is 4.68 Å². The summed E-state index contributed by atoms with van der Waals surface area (Å²) in [6.07, 6.45) is 8.05. The monoisotopic (exact) mass is 341 g/mol. The third kappa shape index (κ3) is 4.47. The first-order valence-corrected chi connectivity index (χ1v) is 8.68. The van der Waals surface area contributed by atoms with Crippen LogP contribution in [0.1, 0.15) is 44.1 Å².